The molecule has 0 spiro atoms. The lowest BCUT2D eigenvalue weighted by Gasteiger charge is -2.32. The number of carbonyl (C=O) groups excluding carboxylic acids is 1. The van der Waals surface area contributed by atoms with Gasteiger partial charge in [-0.1, -0.05) is 30.3 Å². The monoisotopic (exact) mass is 402 g/mol. The van der Waals surface area contributed by atoms with Crippen LogP contribution in [0.2, 0.25) is 0 Å². The smallest absolute Gasteiger partial charge is 0.226 e. The summed E-state index contributed by atoms with van der Waals surface area (Å²) in [7, 11) is 3.22. The molecule has 0 fully saturated rings. The molecule has 0 saturated heterocycles. The van der Waals surface area contributed by atoms with Gasteiger partial charge in [0, 0.05) is 29.3 Å². The van der Waals surface area contributed by atoms with Crippen molar-refractivity contribution in [3.8, 4) is 22.9 Å². The highest BCUT2D eigenvalue weighted by Gasteiger charge is 2.36. The van der Waals surface area contributed by atoms with Crippen molar-refractivity contribution in [2.24, 2.45) is 0 Å². The zero-order valence-corrected chi connectivity index (χ0v) is 16.9. The predicted octanol–water partition coefficient (Wildman–Crippen LogP) is 3.98. The van der Waals surface area contributed by atoms with Crippen LogP contribution in [0.3, 0.4) is 0 Å². The summed E-state index contributed by atoms with van der Waals surface area (Å²) in [6, 6.07) is 15.3. The predicted molar refractivity (Wildman–Crippen MR) is 113 cm³/mol. The molecule has 7 heteroatoms. The van der Waals surface area contributed by atoms with Crippen LogP contribution in [0.1, 0.15) is 30.9 Å². The molecule has 1 aromatic heterocycles. The average Bonchev–Trinajstić information content (AvgIpc) is 3.22. The molecule has 2 heterocycles. The van der Waals surface area contributed by atoms with Crippen LogP contribution in [-0.4, -0.2) is 34.8 Å². The molecule has 1 aliphatic heterocycles. The highest BCUT2D eigenvalue weighted by atomic mass is 16.5. The second-order valence-electron chi connectivity index (χ2n) is 7.41. The van der Waals surface area contributed by atoms with Gasteiger partial charge in [0.2, 0.25) is 5.95 Å². The Hall–Kier alpha value is -3.61. The number of ketones is 1. The van der Waals surface area contributed by atoms with Crippen LogP contribution in [0.5, 0.6) is 11.5 Å². The van der Waals surface area contributed by atoms with Crippen LogP contribution in [0, 0.1) is 0 Å². The minimum absolute atomic E-state index is 0.170. The van der Waals surface area contributed by atoms with Crippen molar-refractivity contribution < 1.29 is 14.3 Å². The molecule has 0 radical (unpaired) electrons. The van der Waals surface area contributed by atoms with Gasteiger partial charge in [0.1, 0.15) is 17.5 Å². The number of Topliss-reactive ketones (excluding diaryl/α,β-unsaturated/α-hetero) is 1. The third-order valence-electron chi connectivity index (χ3n) is 5.59. The van der Waals surface area contributed by atoms with Crippen LogP contribution in [0.25, 0.3) is 11.4 Å². The van der Waals surface area contributed by atoms with E-state index in [1.807, 2.05) is 53.2 Å². The van der Waals surface area contributed by atoms with Gasteiger partial charge in [-0.15, -0.1) is 5.10 Å². The van der Waals surface area contributed by atoms with Gasteiger partial charge in [-0.3, -0.25) is 4.79 Å². The highest BCUT2D eigenvalue weighted by molar-refractivity contribution is 5.99. The Labute approximate surface area is 174 Å². The van der Waals surface area contributed by atoms with Gasteiger partial charge in [0.25, 0.3) is 0 Å². The Balaban J connectivity index is 1.66. The maximum absolute atomic E-state index is 12.9. The largest absolute Gasteiger partial charge is 0.497 e. The summed E-state index contributed by atoms with van der Waals surface area (Å²) in [5, 5.41) is 8.16. The van der Waals surface area contributed by atoms with Crippen LogP contribution >= 0.6 is 0 Å². The first-order valence-corrected chi connectivity index (χ1v) is 9.96. The number of ether oxygens (including phenoxy) is 2. The van der Waals surface area contributed by atoms with E-state index in [1.54, 1.807) is 14.2 Å². The van der Waals surface area contributed by atoms with E-state index in [4.69, 9.17) is 19.6 Å². The van der Waals surface area contributed by atoms with Crippen LogP contribution in [0.15, 0.2) is 59.8 Å². The summed E-state index contributed by atoms with van der Waals surface area (Å²) in [5.41, 5.74) is 3.54. The number of fused-ring (bicyclic) bond motifs is 1. The zero-order chi connectivity index (χ0) is 20.7. The van der Waals surface area contributed by atoms with Crippen molar-refractivity contribution in [2.45, 2.75) is 25.3 Å². The summed E-state index contributed by atoms with van der Waals surface area (Å²) in [4.78, 5) is 17.6. The number of aromatic nitrogens is 3. The van der Waals surface area contributed by atoms with E-state index in [1.165, 1.54) is 0 Å². The standard InChI is InChI=1S/C23H22N4O3/c1-29-16-11-15(12-17(13-16)30-2)22-25-23-24-18-9-6-10-19(28)20(18)21(27(23)26-22)14-7-4-3-5-8-14/h3-5,7-8,11-13,21H,6,9-10H2,1-2H3,(H,24,25,26)/t21-/m0/s1. The molecule has 1 aliphatic carbocycles. The molecule has 152 valence electrons. The van der Waals surface area contributed by atoms with E-state index >= 15 is 0 Å². The number of methoxy groups -OCH3 is 2. The highest BCUT2D eigenvalue weighted by Crippen LogP contribution is 2.41. The second-order valence-corrected chi connectivity index (χ2v) is 7.41. The third-order valence-corrected chi connectivity index (χ3v) is 5.59. The van der Waals surface area contributed by atoms with E-state index in [0.717, 1.165) is 35.2 Å². The van der Waals surface area contributed by atoms with Crippen molar-refractivity contribution >= 4 is 11.7 Å². The van der Waals surface area contributed by atoms with Gasteiger partial charge < -0.3 is 14.8 Å². The fraction of sp³-hybridized carbons (Fsp3) is 0.261. The molecule has 1 N–H and O–H groups in total. The molecule has 0 amide bonds. The SMILES string of the molecule is COc1cc(OC)cc(-c2nc3n(n2)[C@@H](c2ccccc2)C2=C(CCCC2=O)N3)c1. The molecule has 2 aliphatic rings. The maximum atomic E-state index is 12.9. The molecule has 3 aromatic rings. The van der Waals surface area contributed by atoms with E-state index < -0.39 is 0 Å². The van der Waals surface area contributed by atoms with Crippen molar-refractivity contribution in [2.75, 3.05) is 19.5 Å². The van der Waals surface area contributed by atoms with Gasteiger partial charge in [-0.2, -0.15) is 4.98 Å². The lowest BCUT2D eigenvalue weighted by molar-refractivity contribution is -0.116. The summed E-state index contributed by atoms with van der Waals surface area (Å²) < 4.78 is 12.6. The van der Waals surface area contributed by atoms with Gasteiger partial charge >= 0.3 is 0 Å². The first-order valence-electron chi connectivity index (χ1n) is 9.96. The Bertz CT molecular complexity index is 1130. The van der Waals surface area contributed by atoms with E-state index in [-0.39, 0.29) is 11.8 Å². The van der Waals surface area contributed by atoms with Crippen molar-refractivity contribution in [1.29, 1.82) is 0 Å². The van der Waals surface area contributed by atoms with E-state index in [0.29, 0.717) is 29.7 Å². The molecule has 1 atom stereocenters. The first kappa shape index (κ1) is 18.4. The molecule has 0 saturated carbocycles. The Morgan fingerprint density at radius 1 is 1.03 bits per heavy atom. The second kappa shape index (κ2) is 7.33. The number of allylic oxidation sites excluding steroid dienone is 2. The van der Waals surface area contributed by atoms with Gasteiger partial charge in [0.05, 0.1) is 14.2 Å². The average molecular weight is 402 g/mol. The first-order chi connectivity index (χ1) is 14.7. The summed E-state index contributed by atoms with van der Waals surface area (Å²) in [5.74, 6) is 2.68. The van der Waals surface area contributed by atoms with Crippen LogP contribution < -0.4 is 14.8 Å². The third kappa shape index (κ3) is 3.03. The number of carbonyl (C=O) groups is 1. The summed E-state index contributed by atoms with van der Waals surface area (Å²) in [6.07, 6.45) is 2.24. The summed E-state index contributed by atoms with van der Waals surface area (Å²) in [6.45, 7) is 0. The number of nitrogens with one attached hydrogen (secondary N) is 1. The molecular formula is C23H22N4O3. The minimum atomic E-state index is -0.293. The minimum Gasteiger partial charge on any atom is -0.497 e. The Kier molecular flexibility index (Phi) is 4.50. The molecule has 7 nitrogen and oxygen atoms in total. The van der Waals surface area contributed by atoms with Crippen molar-refractivity contribution in [1.82, 2.24) is 14.8 Å². The number of hydrogen-bond donors (Lipinski definition) is 1. The normalized spacial score (nSPS) is 17.8. The number of hydrogen-bond acceptors (Lipinski definition) is 6. The number of rotatable bonds is 4. The molecule has 30 heavy (non-hydrogen) atoms. The Morgan fingerprint density at radius 2 is 1.77 bits per heavy atom. The molecule has 5 rings (SSSR count). The molecule has 0 bridgehead atoms. The van der Waals surface area contributed by atoms with Crippen LogP contribution in [0.4, 0.5) is 5.95 Å². The van der Waals surface area contributed by atoms with Crippen molar-refractivity contribution in [3.05, 3.63) is 65.4 Å². The van der Waals surface area contributed by atoms with Gasteiger partial charge in [0.15, 0.2) is 11.6 Å². The van der Waals surface area contributed by atoms with Gasteiger partial charge in [-0.25, -0.2) is 4.68 Å². The van der Waals surface area contributed by atoms with Crippen molar-refractivity contribution in [3.63, 3.8) is 0 Å². The molecular weight excluding hydrogens is 380 g/mol. The fourth-order valence-electron chi connectivity index (χ4n) is 4.16. The molecule has 0 unspecified atom stereocenters. The number of nitrogens with zero attached hydrogens (tertiary/aromatic N) is 3. The van der Waals surface area contributed by atoms with E-state index in [2.05, 4.69) is 5.32 Å². The van der Waals surface area contributed by atoms with Crippen LogP contribution in [-0.2, 0) is 4.79 Å². The summed E-state index contributed by atoms with van der Waals surface area (Å²) >= 11 is 0. The lowest BCUT2D eigenvalue weighted by atomic mass is 9.85. The molecule has 2 aromatic carbocycles. The topological polar surface area (TPSA) is 78.3 Å². The van der Waals surface area contributed by atoms with Gasteiger partial charge in [-0.05, 0) is 30.5 Å². The maximum Gasteiger partial charge on any atom is 0.226 e. The van der Waals surface area contributed by atoms with E-state index in [9.17, 15) is 4.79 Å². The zero-order valence-electron chi connectivity index (χ0n) is 16.9. The number of benzene rings is 2. The fourth-order valence-corrected chi connectivity index (χ4v) is 4.16. The lowest BCUT2D eigenvalue weighted by Crippen LogP contribution is -2.31. The Morgan fingerprint density at radius 3 is 2.47 bits per heavy atom. The number of anilines is 1. The quantitative estimate of drug-likeness (QED) is 0.711.